The molecular formula is C34H40N2O5. The Labute approximate surface area is 243 Å². The smallest absolute Gasteiger partial charge is 0.295 e. The van der Waals surface area contributed by atoms with E-state index in [2.05, 4.69) is 25.7 Å². The highest BCUT2D eigenvalue weighted by Gasteiger charge is 2.46. The summed E-state index contributed by atoms with van der Waals surface area (Å²) in [7, 11) is 0. The van der Waals surface area contributed by atoms with Crippen molar-refractivity contribution in [1.82, 2.24) is 9.80 Å². The number of ketones is 1. The number of Topliss-reactive ketones (excluding diaryl/α,β-unsaturated/α-hetero) is 1. The van der Waals surface area contributed by atoms with Crippen molar-refractivity contribution in [1.29, 1.82) is 0 Å². The molecule has 1 amide bonds. The number of hydrogen-bond donors (Lipinski definition) is 1. The van der Waals surface area contributed by atoms with Gasteiger partial charge in [0.25, 0.3) is 11.7 Å². The Morgan fingerprint density at radius 2 is 1.49 bits per heavy atom. The normalized spacial score (nSPS) is 16.4. The lowest BCUT2D eigenvalue weighted by atomic mass is 9.95. The average molecular weight is 557 g/mol. The summed E-state index contributed by atoms with van der Waals surface area (Å²) < 4.78 is 11.7. The molecule has 0 aliphatic carbocycles. The average Bonchev–Trinajstić information content (AvgIpc) is 3.26. The maximum absolute atomic E-state index is 13.4. The number of ether oxygens (including phenoxy) is 2. The second-order valence-corrected chi connectivity index (χ2v) is 10.1. The van der Waals surface area contributed by atoms with E-state index < -0.39 is 17.7 Å². The van der Waals surface area contributed by atoms with Crippen LogP contribution in [0.15, 0.2) is 84.4 Å². The minimum Gasteiger partial charge on any atom is -0.507 e. The van der Waals surface area contributed by atoms with Crippen molar-refractivity contribution in [2.75, 3.05) is 32.8 Å². The molecule has 0 saturated carbocycles. The molecule has 4 rings (SSSR count). The van der Waals surface area contributed by atoms with Crippen molar-refractivity contribution in [3.8, 4) is 11.5 Å². The van der Waals surface area contributed by atoms with Crippen LogP contribution in [0.25, 0.3) is 5.76 Å². The van der Waals surface area contributed by atoms with Gasteiger partial charge in [0.15, 0.2) is 0 Å². The van der Waals surface area contributed by atoms with E-state index in [0.29, 0.717) is 43.4 Å². The van der Waals surface area contributed by atoms with Gasteiger partial charge in [-0.3, -0.25) is 9.59 Å². The van der Waals surface area contributed by atoms with E-state index in [1.54, 1.807) is 29.2 Å². The number of aliphatic hydroxyl groups is 1. The second kappa shape index (κ2) is 14.5. The van der Waals surface area contributed by atoms with E-state index in [0.717, 1.165) is 37.1 Å². The van der Waals surface area contributed by atoms with Gasteiger partial charge in [0.2, 0.25) is 0 Å². The van der Waals surface area contributed by atoms with Gasteiger partial charge in [0.1, 0.15) is 23.9 Å². The number of likely N-dealkylation sites (N-methyl/N-ethyl adjacent to an activating group) is 1. The first-order valence-electron chi connectivity index (χ1n) is 14.5. The summed E-state index contributed by atoms with van der Waals surface area (Å²) in [6, 6.07) is 23.6. The zero-order chi connectivity index (χ0) is 29.2. The molecule has 0 spiro atoms. The second-order valence-electron chi connectivity index (χ2n) is 10.1. The van der Waals surface area contributed by atoms with Gasteiger partial charge < -0.3 is 24.4 Å². The van der Waals surface area contributed by atoms with E-state index >= 15 is 0 Å². The Kier molecular flexibility index (Phi) is 10.6. The third-order valence-electron chi connectivity index (χ3n) is 7.43. The van der Waals surface area contributed by atoms with Gasteiger partial charge in [-0.1, -0.05) is 69.7 Å². The van der Waals surface area contributed by atoms with Gasteiger partial charge in [0, 0.05) is 18.7 Å². The quantitative estimate of drug-likeness (QED) is 0.110. The number of carbonyl (C=O) groups excluding carboxylic acids is 2. The molecule has 0 bridgehead atoms. The number of aliphatic hydroxyl groups excluding tert-OH is 1. The van der Waals surface area contributed by atoms with Gasteiger partial charge >= 0.3 is 0 Å². The molecule has 0 aromatic heterocycles. The molecule has 7 nitrogen and oxygen atoms in total. The zero-order valence-electron chi connectivity index (χ0n) is 24.2. The number of hydrogen-bond acceptors (Lipinski definition) is 6. The molecule has 1 atom stereocenters. The molecule has 1 N–H and O–H groups in total. The highest BCUT2D eigenvalue weighted by atomic mass is 16.5. The summed E-state index contributed by atoms with van der Waals surface area (Å²) in [6.07, 6.45) is 1.99. The third-order valence-corrected chi connectivity index (χ3v) is 7.43. The highest BCUT2D eigenvalue weighted by molar-refractivity contribution is 6.46. The highest BCUT2D eigenvalue weighted by Crippen LogP contribution is 2.40. The monoisotopic (exact) mass is 556 g/mol. The first-order valence-corrected chi connectivity index (χ1v) is 14.5. The minimum atomic E-state index is -0.714. The number of nitrogens with zero attached hydrogens (tertiary/aromatic N) is 2. The first-order chi connectivity index (χ1) is 20.0. The van der Waals surface area contributed by atoms with Gasteiger partial charge in [-0.25, -0.2) is 0 Å². The predicted molar refractivity (Wildman–Crippen MR) is 161 cm³/mol. The Hall–Kier alpha value is -4.10. The fourth-order valence-corrected chi connectivity index (χ4v) is 4.93. The SMILES string of the molecule is CCCCOc1ccc(C(O)=C2C(=O)C(=O)N(CCN(CC)CC)C2c2ccc(OCc3ccccc3)cc2)cc1. The summed E-state index contributed by atoms with van der Waals surface area (Å²) in [5, 5.41) is 11.4. The maximum atomic E-state index is 13.4. The van der Waals surface area contributed by atoms with Crippen molar-refractivity contribution in [2.45, 2.75) is 46.3 Å². The van der Waals surface area contributed by atoms with Crippen LogP contribution < -0.4 is 9.47 Å². The Morgan fingerprint density at radius 3 is 2.12 bits per heavy atom. The fourth-order valence-electron chi connectivity index (χ4n) is 4.93. The zero-order valence-corrected chi connectivity index (χ0v) is 24.2. The molecule has 1 unspecified atom stereocenters. The molecule has 3 aromatic rings. The van der Waals surface area contributed by atoms with Crippen LogP contribution in [0.4, 0.5) is 0 Å². The number of likely N-dealkylation sites (tertiary alicyclic amines) is 1. The maximum Gasteiger partial charge on any atom is 0.295 e. The summed E-state index contributed by atoms with van der Waals surface area (Å²) in [5.74, 6) is -0.107. The van der Waals surface area contributed by atoms with Crippen molar-refractivity contribution in [3.63, 3.8) is 0 Å². The Balaban J connectivity index is 1.64. The Morgan fingerprint density at radius 1 is 0.854 bits per heavy atom. The molecule has 1 fully saturated rings. The molecule has 1 saturated heterocycles. The van der Waals surface area contributed by atoms with E-state index in [1.807, 2.05) is 54.6 Å². The Bertz CT molecular complexity index is 1320. The lowest BCUT2D eigenvalue weighted by molar-refractivity contribution is -0.140. The van der Waals surface area contributed by atoms with Crippen LogP contribution in [0.1, 0.15) is 56.3 Å². The number of unbranched alkanes of at least 4 members (excludes halogenated alkanes) is 1. The van der Waals surface area contributed by atoms with Crippen LogP contribution in [-0.4, -0.2) is 59.4 Å². The first kappa shape index (κ1) is 29.9. The lowest BCUT2D eigenvalue weighted by Gasteiger charge is -2.28. The van der Waals surface area contributed by atoms with Crippen LogP contribution in [-0.2, 0) is 16.2 Å². The minimum absolute atomic E-state index is 0.0900. The van der Waals surface area contributed by atoms with Crippen molar-refractivity contribution < 1.29 is 24.2 Å². The fraction of sp³-hybridized carbons (Fsp3) is 0.353. The third kappa shape index (κ3) is 7.35. The molecule has 1 heterocycles. The molecular weight excluding hydrogens is 516 g/mol. The number of carbonyl (C=O) groups is 2. The molecule has 1 aliphatic heterocycles. The lowest BCUT2D eigenvalue weighted by Crippen LogP contribution is -2.38. The number of rotatable bonds is 14. The van der Waals surface area contributed by atoms with Crippen LogP contribution in [0.2, 0.25) is 0 Å². The largest absolute Gasteiger partial charge is 0.507 e. The summed E-state index contributed by atoms with van der Waals surface area (Å²) in [6.45, 7) is 9.95. The van der Waals surface area contributed by atoms with E-state index in [9.17, 15) is 14.7 Å². The summed E-state index contributed by atoms with van der Waals surface area (Å²) in [4.78, 5) is 30.5. The van der Waals surface area contributed by atoms with Crippen molar-refractivity contribution >= 4 is 17.4 Å². The van der Waals surface area contributed by atoms with E-state index in [4.69, 9.17) is 9.47 Å². The van der Waals surface area contributed by atoms with Gasteiger partial charge in [-0.05, 0) is 67.0 Å². The van der Waals surface area contributed by atoms with Crippen LogP contribution >= 0.6 is 0 Å². The molecule has 216 valence electrons. The van der Waals surface area contributed by atoms with Crippen molar-refractivity contribution in [2.24, 2.45) is 0 Å². The number of amides is 1. The summed E-state index contributed by atoms with van der Waals surface area (Å²) >= 11 is 0. The number of benzene rings is 3. The van der Waals surface area contributed by atoms with Gasteiger partial charge in [-0.15, -0.1) is 0 Å². The molecule has 1 aliphatic rings. The van der Waals surface area contributed by atoms with Crippen LogP contribution in [0.3, 0.4) is 0 Å². The predicted octanol–water partition coefficient (Wildman–Crippen LogP) is 6.21. The standard InChI is InChI=1S/C34H40N2O5/c1-4-7-23-40-28-19-15-27(16-20-28)32(37)30-31(36(34(39)33(30)38)22-21-35(5-2)6-3)26-13-17-29(18-14-26)41-24-25-11-9-8-10-12-25/h8-20,31,37H,4-7,21-24H2,1-3H3. The molecule has 3 aromatic carbocycles. The van der Waals surface area contributed by atoms with Gasteiger partial charge in [0.05, 0.1) is 18.2 Å². The summed E-state index contributed by atoms with van der Waals surface area (Å²) in [5.41, 5.74) is 2.34. The molecule has 7 heteroatoms. The topological polar surface area (TPSA) is 79.3 Å². The van der Waals surface area contributed by atoms with E-state index in [1.165, 1.54) is 0 Å². The van der Waals surface area contributed by atoms with Crippen molar-refractivity contribution in [3.05, 3.63) is 101 Å². The van der Waals surface area contributed by atoms with Crippen LogP contribution in [0.5, 0.6) is 11.5 Å². The van der Waals surface area contributed by atoms with E-state index in [-0.39, 0.29) is 11.3 Å². The van der Waals surface area contributed by atoms with Gasteiger partial charge in [-0.2, -0.15) is 0 Å². The molecule has 41 heavy (non-hydrogen) atoms. The molecule has 0 radical (unpaired) electrons. The van der Waals surface area contributed by atoms with Crippen LogP contribution in [0, 0.1) is 0 Å².